The van der Waals surface area contributed by atoms with Crippen molar-refractivity contribution < 1.29 is 8.42 Å². The minimum atomic E-state index is -3.62. The van der Waals surface area contributed by atoms with E-state index in [9.17, 15) is 8.42 Å². The fraction of sp³-hybridized carbons (Fsp3) is 0.700. The molecule has 17 heavy (non-hydrogen) atoms. The first-order chi connectivity index (χ1) is 7.92. The van der Waals surface area contributed by atoms with Crippen molar-refractivity contribution in [2.24, 2.45) is 7.05 Å². The van der Waals surface area contributed by atoms with Crippen molar-refractivity contribution in [3.63, 3.8) is 0 Å². The van der Waals surface area contributed by atoms with Gasteiger partial charge in [0.1, 0.15) is 5.15 Å². The summed E-state index contributed by atoms with van der Waals surface area (Å²) in [5.41, 5.74) is 0. The molecule has 1 N–H and O–H groups in total. The number of imidazole rings is 1. The highest BCUT2D eigenvalue weighted by molar-refractivity contribution is 7.89. The third-order valence-electron chi connectivity index (χ3n) is 2.54. The van der Waals surface area contributed by atoms with Gasteiger partial charge in [-0.2, -0.15) is 0 Å². The molecule has 0 spiro atoms. The van der Waals surface area contributed by atoms with E-state index < -0.39 is 10.0 Å². The number of aryl methyl sites for hydroxylation is 1. The van der Waals surface area contributed by atoms with Crippen LogP contribution in [-0.4, -0.2) is 24.0 Å². The summed E-state index contributed by atoms with van der Waals surface area (Å²) >= 11 is 5.88. The zero-order valence-electron chi connectivity index (χ0n) is 10.3. The Morgan fingerprint density at radius 2 is 2.18 bits per heavy atom. The zero-order chi connectivity index (χ0) is 13.1. The molecule has 5 nitrogen and oxygen atoms in total. The summed E-state index contributed by atoms with van der Waals surface area (Å²) in [6.45, 7) is 3.97. The summed E-state index contributed by atoms with van der Waals surface area (Å²) < 4.78 is 28.2. The standard InChI is InChI=1S/C10H18ClN3O2S/c1-4-6-8(5-2)13-17(15,16)10-9(11)14(3)7-12-10/h7-8,13H,4-6H2,1-3H3. The van der Waals surface area contributed by atoms with Crippen LogP contribution in [0.2, 0.25) is 5.15 Å². The van der Waals surface area contributed by atoms with Gasteiger partial charge in [-0.05, 0) is 12.8 Å². The number of nitrogens with one attached hydrogen (secondary N) is 1. The van der Waals surface area contributed by atoms with Crippen LogP contribution in [-0.2, 0) is 17.1 Å². The fourth-order valence-electron chi connectivity index (χ4n) is 1.54. The molecule has 0 aliphatic rings. The van der Waals surface area contributed by atoms with E-state index in [1.54, 1.807) is 7.05 Å². The fourth-order valence-corrected chi connectivity index (χ4v) is 3.33. The number of rotatable bonds is 6. The molecule has 1 unspecified atom stereocenters. The predicted molar refractivity (Wildman–Crippen MR) is 67.5 cm³/mol. The second-order valence-electron chi connectivity index (χ2n) is 3.97. The maximum Gasteiger partial charge on any atom is 0.261 e. The lowest BCUT2D eigenvalue weighted by Crippen LogP contribution is -2.34. The molecule has 0 saturated carbocycles. The third-order valence-corrected chi connectivity index (χ3v) is 4.55. The zero-order valence-corrected chi connectivity index (χ0v) is 11.8. The van der Waals surface area contributed by atoms with Gasteiger partial charge in [0, 0.05) is 13.1 Å². The van der Waals surface area contributed by atoms with Crippen LogP contribution >= 0.6 is 11.6 Å². The van der Waals surface area contributed by atoms with Gasteiger partial charge in [-0.15, -0.1) is 0 Å². The molecule has 1 rings (SSSR count). The molecular formula is C10H18ClN3O2S. The highest BCUT2D eigenvalue weighted by Crippen LogP contribution is 2.19. The number of halogens is 1. The first-order valence-corrected chi connectivity index (χ1v) is 7.47. The van der Waals surface area contributed by atoms with Crippen molar-refractivity contribution in [3.8, 4) is 0 Å². The summed E-state index contributed by atoms with van der Waals surface area (Å²) in [6.07, 6.45) is 3.87. The Kier molecular flexibility index (Phi) is 4.97. The van der Waals surface area contributed by atoms with Gasteiger partial charge < -0.3 is 4.57 Å². The lowest BCUT2D eigenvalue weighted by molar-refractivity contribution is 0.511. The number of sulfonamides is 1. The van der Waals surface area contributed by atoms with Crippen molar-refractivity contribution in [3.05, 3.63) is 11.5 Å². The van der Waals surface area contributed by atoms with E-state index in [0.717, 1.165) is 19.3 Å². The molecule has 0 fully saturated rings. The number of aromatic nitrogens is 2. The number of hydrogen-bond donors (Lipinski definition) is 1. The molecule has 0 bridgehead atoms. The average Bonchev–Trinajstić information content (AvgIpc) is 2.59. The third kappa shape index (κ3) is 3.43. The van der Waals surface area contributed by atoms with Crippen LogP contribution in [0.1, 0.15) is 33.1 Å². The lowest BCUT2D eigenvalue weighted by atomic mass is 10.1. The molecule has 0 aliphatic carbocycles. The van der Waals surface area contributed by atoms with Gasteiger partial charge in [0.05, 0.1) is 6.33 Å². The molecule has 0 aromatic carbocycles. The summed E-state index contributed by atoms with van der Waals surface area (Å²) in [7, 11) is -1.97. The van der Waals surface area contributed by atoms with Crippen LogP contribution < -0.4 is 4.72 Å². The van der Waals surface area contributed by atoms with Gasteiger partial charge in [0.15, 0.2) is 0 Å². The Bertz CT molecular complexity index is 470. The number of hydrogen-bond acceptors (Lipinski definition) is 3. The Morgan fingerprint density at radius 1 is 1.53 bits per heavy atom. The molecule has 0 saturated heterocycles. The SMILES string of the molecule is CCCC(CC)NS(=O)(=O)c1ncn(C)c1Cl. The molecule has 7 heteroatoms. The molecule has 98 valence electrons. The predicted octanol–water partition coefficient (Wildman–Crippen LogP) is 1.93. The van der Waals surface area contributed by atoms with Gasteiger partial charge in [-0.3, -0.25) is 0 Å². The Balaban J connectivity index is 2.92. The Morgan fingerprint density at radius 3 is 2.59 bits per heavy atom. The topological polar surface area (TPSA) is 64.0 Å². The molecule has 1 aromatic heterocycles. The molecule has 1 atom stereocenters. The van der Waals surface area contributed by atoms with Crippen LogP contribution in [0.4, 0.5) is 0 Å². The molecule has 0 amide bonds. The molecule has 0 radical (unpaired) electrons. The number of nitrogens with zero attached hydrogens (tertiary/aromatic N) is 2. The van der Waals surface area contributed by atoms with Crippen LogP contribution in [0.3, 0.4) is 0 Å². The van der Waals surface area contributed by atoms with E-state index in [1.807, 2.05) is 13.8 Å². The average molecular weight is 280 g/mol. The molecule has 0 aliphatic heterocycles. The lowest BCUT2D eigenvalue weighted by Gasteiger charge is -2.15. The van der Waals surface area contributed by atoms with Crippen molar-refractivity contribution in [1.82, 2.24) is 14.3 Å². The van der Waals surface area contributed by atoms with Crippen molar-refractivity contribution >= 4 is 21.6 Å². The Hall–Kier alpha value is -0.590. The van der Waals surface area contributed by atoms with E-state index in [-0.39, 0.29) is 16.2 Å². The quantitative estimate of drug-likeness (QED) is 0.865. The van der Waals surface area contributed by atoms with Crippen LogP contribution in [0.25, 0.3) is 0 Å². The highest BCUT2D eigenvalue weighted by Gasteiger charge is 2.24. The molecule has 1 heterocycles. The van der Waals surface area contributed by atoms with Crippen molar-refractivity contribution in [2.75, 3.05) is 0 Å². The second kappa shape index (κ2) is 5.84. The highest BCUT2D eigenvalue weighted by atomic mass is 35.5. The van der Waals surface area contributed by atoms with E-state index in [0.29, 0.717) is 0 Å². The summed E-state index contributed by atoms with van der Waals surface area (Å²) in [5.74, 6) is 0. The summed E-state index contributed by atoms with van der Waals surface area (Å²) in [5, 5.41) is 0.0278. The van der Waals surface area contributed by atoms with Crippen LogP contribution in [0.15, 0.2) is 11.4 Å². The van der Waals surface area contributed by atoms with Gasteiger partial charge in [-0.1, -0.05) is 31.9 Å². The Labute approximate surface area is 107 Å². The smallest absolute Gasteiger partial charge is 0.261 e. The van der Waals surface area contributed by atoms with Gasteiger partial charge in [0.25, 0.3) is 10.0 Å². The first-order valence-electron chi connectivity index (χ1n) is 5.61. The largest absolute Gasteiger partial charge is 0.324 e. The minimum absolute atomic E-state index is 0.0666. The van der Waals surface area contributed by atoms with E-state index >= 15 is 0 Å². The van der Waals surface area contributed by atoms with Crippen LogP contribution in [0, 0.1) is 0 Å². The minimum Gasteiger partial charge on any atom is -0.324 e. The summed E-state index contributed by atoms with van der Waals surface area (Å²) in [4.78, 5) is 3.82. The van der Waals surface area contributed by atoms with Crippen LogP contribution in [0.5, 0.6) is 0 Å². The van der Waals surface area contributed by atoms with Crippen molar-refractivity contribution in [1.29, 1.82) is 0 Å². The maximum absolute atomic E-state index is 12.0. The normalized spacial score (nSPS) is 13.9. The monoisotopic (exact) mass is 279 g/mol. The maximum atomic E-state index is 12.0. The summed E-state index contributed by atoms with van der Waals surface area (Å²) in [6, 6.07) is -0.0666. The van der Waals surface area contributed by atoms with E-state index in [1.165, 1.54) is 10.9 Å². The second-order valence-corrected chi connectivity index (χ2v) is 5.95. The van der Waals surface area contributed by atoms with E-state index in [2.05, 4.69) is 9.71 Å². The van der Waals surface area contributed by atoms with Crippen molar-refractivity contribution in [2.45, 2.75) is 44.2 Å². The first kappa shape index (κ1) is 14.5. The van der Waals surface area contributed by atoms with Gasteiger partial charge in [-0.25, -0.2) is 18.1 Å². The van der Waals surface area contributed by atoms with Gasteiger partial charge >= 0.3 is 0 Å². The molecular weight excluding hydrogens is 262 g/mol. The molecule has 1 aromatic rings. The van der Waals surface area contributed by atoms with E-state index in [4.69, 9.17) is 11.6 Å². The van der Waals surface area contributed by atoms with Gasteiger partial charge in [0.2, 0.25) is 5.03 Å².